The fourth-order valence-electron chi connectivity index (χ4n) is 7.49. The lowest BCUT2D eigenvalue weighted by molar-refractivity contribution is -0.143. The number of thioether (sulfide) groups is 2. The van der Waals surface area contributed by atoms with E-state index in [4.69, 9.17) is 22.9 Å². The molecule has 0 aliphatic heterocycles. The summed E-state index contributed by atoms with van der Waals surface area (Å²) in [6, 6.07) is -11.1. The predicted molar refractivity (Wildman–Crippen MR) is 293 cm³/mol. The number of guanidine groups is 1. The summed E-state index contributed by atoms with van der Waals surface area (Å²) >= 11 is 2.89. The largest absolute Gasteiger partial charge is 0.480 e. The molecule has 0 saturated heterocycles. The number of rotatable bonds is 38. The molecular weight excluding hydrogens is 1010 g/mol. The maximum Gasteiger partial charge on any atom is 0.326 e. The molecule has 24 nitrogen and oxygen atoms in total. The SMILES string of the molecule is CC[C@H](C)[C@H](NC(=O)[C@H](CC(C)C)NC(=O)[C@@H](NC(=O)[C@H](CCSC)NC(=O)[C@H](CC(C)C)NC(=O)[C@H](CC(N)=O)NC(=O)[C@@H](NC(=O)[C@@H](N)CCSC)C(C)C)[C@@H](C)CC)C(=O)N[C@@H](CCCN=C(N)N)C(=O)O. The molecule has 430 valence electrons. The highest BCUT2D eigenvalue weighted by Gasteiger charge is 2.37. The van der Waals surface area contributed by atoms with Gasteiger partial charge in [0.2, 0.25) is 53.2 Å². The van der Waals surface area contributed by atoms with Crippen molar-refractivity contribution in [3.63, 3.8) is 0 Å². The van der Waals surface area contributed by atoms with Crippen LogP contribution < -0.4 is 65.5 Å². The normalized spacial score (nSPS) is 15.7. The van der Waals surface area contributed by atoms with Gasteiger partial charge in [0.05, 0.1) is 12.5 Å². The number of carbonyl (C=O) groups excluding carboxylic acids is 9. The number of carboxylic acids is 1. The van der Waals surface area contributed by atoms with Gasteiger partial charge in [-0.1, -0.05) is 82.1 Å². The lowest BCUT2D eigenvalue weighted by Crippen LogP contribution is -2.62. The molecule has 9 amide bonds. The third kappa shape index (κ3) is 27.3. The van der Waals surface area contributed by atoms with Crippen molar-refractivity contribution in [2.24, 2.45) is 57.5 Å². The molecule has 0 aromatic carbocycles. The van der Waals surface area contributed by atoms with Crippen molar-refractivity contribution in [3.05, 3.63) is 0 Å². The second-order valence-corrected chi connectivity index (χ2v) is 22.1. The van der Waals surface area contributed by atoms with Crippen molar-refractivity contribution in [2.75, 3.05) is 30.6 Å². The van der Waals surface area contributed by atoms with E-state index in [-0.39, 0.29) is 56.4 Å². The van der Waals surface area contributed by atoms with Crippen LogP contribution in [-0.4, -0.2) is 155 Å². The smallest absolute Gasteiger partial charge is 0.326 e. The number of primary amides is 1. The molecule has 0 saturated carbocycles. The first-order valence-corrected chi connectivity index (χ1v) is 28.6. The second kappa shape index (κ2) is 36.6. The summed E-state index contributed by atoms with van der Waals surface area (Å²) in [5.74, 6) is -9.12. The highest BCUT2D eigenvalue weighted by atomic mass is 32.2. The highest BCUT2D eigenvalue weighted by Crippen LogP contribution is 2.16. The van der Waals surface area contributed by atoms with Crippen molar-refractivity contribution in [3.8, 4) is 0 Å². The second-order valence-electron chi connectivity index (χ2n) is 20.2. The zero-order valence-corrected chi connectivity index (χ0v) is 47.8. The molecular formula is C49H91N13O11S2. The summed E-state index contributed by atoms with van der Waals surface area (Å²) in [7, 11) is 0. The molecule has 11 atom stereocenters. The molecule has 0 heterocycles. The Labute approximate surface area is 452 Å². The molecule has 0 rings (SSSR count). The van der Waals surface area contributed by atoms with E-state index in [1.165, 1.54) is 23.5 Å². The van der Waals surface area contributed by atoms with Crippen LogP contribution in [0.5, 0.6) is 0 Å². The average Bonchev–Trinajstić information content (AvgIpc) is 3.32. The molecule has 17 N–H and O–H groups in total. The van der Waals surface area contributed by atoms with Crippen LogP contribution in [0, 0.1) is 29.6 Å². The first kappa shape index (κ1) is 69.6. The van der Waals surface area contributed by atoms with Gasteiger partial charge in [-0.3, -0.25) is 48.1 Å². The molecule has 0 aromatic heterocycles. The predicted octanol–water partition coefficient (Wildman–Crippen LogP) is -0.448. The third-order valence-electron chi connectivity index (χ3n) is 12.3. The molecule has 75 heavy (non-hydrogen) atoms. The van der Waals surface area contributed by atoms with Gasteiger partial charge in [-0.05, 0) is 92.1 Å². The zero-order valence-electron chi connectivity index (χ0n) is 46.2. The molecule has 0 aliphatic carbocycles. The van der Waals surface area contributed by atoms with Crippen LogP contribution in [0.4, 0.5) is 0 Å². The lowest BCUT2D eigenvalue weighted by atomic mass is 9.95. The number of carbonyl (C=O) groups is 10. The Morgan fingerprint density at radius 2 is 0.880 bits per heavy atom. The Morgan fingerprint density at radius 1 is 0.493 bits per heavy atom. The van der Waals surface area contributed by atoms with Gasteiger partial charge >= 0.3 is 5.97 Å². The monoisotopic (exact) mass is 1100 g/mol. The molecule has 0 radical (unpaired) electrons. The Kier molecular flexibility index (Phi) is 34.0. The standard InChI is InChI=1S/C49H91N13O11S2/c1-13-28(9)38(46(70)56-32(48(72)73)16-15-19-54-49(52)53)62-44(68)34(23-26(5)6)58-47(71)39(29(10)14-2)61-41(65)31(18-21-75-12)55-42(66)33(22-25(3)4)57-43(67)35(24-36(51)63)59-45(69)37(27(7)8)60-40(64)30(50)17-20-74-11/h25-35,37-39H,13-24,50H2,1-12H3,(H2,51,63)(H,55,66)(H,56,70)(H,57,67)(H,58,71)(H,59,69)(H,60,64)(H,61,65)(H,62,68)(H,72,73)(H4,52,53,54)/t28-,29-,30-,31-,32-,33-,34-,35-,37-,38-,39-/m0/s1. The molecule has 0 unspecified atom stereocenters. The van der Waals surface area contributed by atoms with Gasteiger partial charge in [0.15, 0.2) is 5.96 Å². The van der Waals surface area contributed by atoms with Crippen molar-refractivity contribution in [1.82, 2.24) is 42.5 Å². The van der Waals surface area contributed by atoms with Crippen LogP contribution >= 0.6 is 23.5 Å². The first-order chi connectivity index (χ1) is 35.0. The molecule has 26 heteroatoms. The van der Waals surface area contributed by atoms with Crippen LogP contribution in [-0.2, 0) is 47.9 Å². The van der Waals surface area contributed by atoms with Crippen molar-refractivity contribution in [2.45, 2.75) is 181 Å². The van der Waals surface area contributed by atoms with Crippen LogP contribution in [0.25, 0.3) is 0 Å². The number of nitrogens with zero attached hydrogens (tertiary/aromatic N) is 1. The Bertz CT molecular complexity index is 1910. The Morgan fingerprint density at radius 3 is 1.31 bits per heavy atom. The number of aliphatic imine (C=N–C) groups is 1. The van der Waals surface area contributed by atoms with Crippen molar-refractivity contribution in [1.29, 1.82) is 0 Å². The van der Waals surface area contributed by atoms with Crippen LogP contribution in [0.3, 0.4) is 0 Å². The van der Waals surface area contributed by atoms with Gasteiger partial charge in [-0.25, -0.2) is 4.79 Å². The average molecular weight is 1100 g/mol. The number of hydrogen-bond donors (Lipinski definition) is 13. The van der Waals surface area contributed by atoms with Gasteiger partial charge in [0, 0.05) is 6.54 Å². The molecule has 0 spiro atoms. The number of nitrogens with two attached hydrogens (primary N) is 4. The lowest BCUT2D eigenvalue weighted by Gasteiger charge is -2.31. The summed E-state index contributed by atoms with van der Waals surface area (Å²) in [5.41, 5.74) is 22.3. The Hall–Kier alpha value is -5.37. The number of hydrogen-bond acceptors (Lipinski definition) is 14. The van der Waals surface area contributed by atoms with Crippen molar-refractivity contribution >= 4 is 88.6 Å². The first-order valence-electron chi connectivity index (χ1n) is 25.8. The third-order valence-corrected chi connectivity index (χ3v) is 13.6. The van der Waals surface area contributed by atoms with Gasteiger partial charge in [0.1, 0.15) is 48.3 Å². The van der Waals surface area contributed by atoms with Gasteiger partial charge < -0.3 is 70.6 Å². The van der Waals surface area contributed by atoms with E-state index >= 15 is 0 Å². The summed E-state index contributed by atoms with van der Waals surface area (Å²) in [6.07, 6.45) is 4.71. The maximum absolute atomic E-state index is 14.3. The van der Waals surface area contributed by atoms with Crippen molar-refractivity contribution < 1.29 is 53.1 Å². The van der Waals surface area contributed by atoms with Crippen LogP contribution in [0.2, 0.25) is 0 Å². The fraction of sp³-hybridized carbons (Fsp3) is 0.776. The molecule has 0 fully saturated rings. The minimum atomic E-state index is -1.56. The minimum absolute atomic E-state index is 0.00299. The van der Waals surface area contributed by atoms with E-state index in [2.05, 4.69) is 47.5 Å². The zero-order chi connectivity index (χ0) is 57.7. The quantitative estimate of drug-likeness (QED) is 0.0212. The van der Waals surface area contributed by atoms with Crippen LogP contribution in [0.15, 0.2) is 4.99 Å². The Balaban J connectivity index is 6.66. The summed E-state index contributed by atoms with van der Waals surface area (Å²) in [5, 5.41) is 31.1. The van der Waals surface area contributed by atoms with E-state index in [1.807, 2.05) is 20.1 Å². The van der Waals surface area contributed by atoms with Gasteiger partial charge in [-0.15, -0.1) is 0 Å². The van der Waals surface area contributed by atoms with Crippen LogP contribution in [0.1, 0.15) is 127 Å². The van der Waals surface area contributed by atoms with E-state index in [0.29, 0.717) is 30.8 Å². The highest BCUT2D eigenvalue weighted by molar-refractivity contribution is 7.98. The van der Waals surface area contributed by atoms with E-state index in [0.717, 1.165) is 0 Å². The summed E-state index contributed by atoms with van der Waals surface area (Å²) < 4.78 is 0. The number of aliphatic carboxylic acids is 1. The van der Waals surface area contributed by atoms with Gasteiger partial charge in [-0.2, -0.15) is 23.5 Å². The number of nitrogens with one attached hydrogen (secondary N) is 8. The van der Waals surface area contributed by atoms with E-state index in [1.54, 1.807) is 61.6 Å². The van der Waals surface area contributed by atoms with E-state index in [9.17, 15) is 53.1 Å². The summed E-state index contributed by atoms with van der Waals surface area (Å²) in [4.78, 5) is 139. The summed E-state index contributed by atoms with van der Waals surface area (Å²) in [6.45, 7) is 17.8. The maximum atomic E-state index is 14.3. The number of carboxylic acid groups (broad SMARTS) is 1. The van der Waals surface area contributed by atoms with Gasteiger partial charge in [0.25, 0.3) is 0 Å². The molecule has 0 aliphatic rings. The minimum Gasteiger partial charge on any atom is -0.480 e. The van der Waals surface area contributed by atoms with E-state index < -0.39 is 138 Å². The fourth-order valence-corrected chi connectivity index (χ4v) is 8.45. The topological polar surface area (TPSA) is 404 Å². The molecule has 0 aromatic rings. The molecule has 0 bridgehead atoms. The number of amides is 9.